The highest BCUT2D eigenvalue weighted by Gasteiger charge is 2.47. The molecule has 4 N–H and O–H groups in total. The van der Waals surface area contributed by atoms with Crippen molar-refractivity contribution in [1.82, 2.24) is 34.3 Å². The number of aromatic nitrogens is 6. The maximum absolute atomic E-state index is 13.1. The zero-order valence-corrected chi connectivity index (χ0v) is 20.3. The standard InChI is InChI=1S/C24H26N8O3S/c33-6-5-31-10-14(8-26-31)17-11-32-23(36-17)19-21(29-32)20-16(28-22(19)35)7-15(9-25-20)27-18(34)12-30-4-3-24(13-30)1-2-24/h7-11,18,27,33-34H,1-6,12-13H2,(H,28,35). The Morgan fingerprint density at radius 2 is 2.11 bits per heavy atom. The summed E-state index contributed by atoms with van der Waals surface area (Å²) >= 11 is 1.46. The average Bonchev–Trinajstić information content (AvgIpc) is 3.23. The van der Waals surface area contributed by atoms with Crippen LogP contribution in [0.2, 0.25) is 0 Å². The van der Waals surface area contributed by atoms with Gasteiger partial charge in [0.05, 0.1) is 41.6 Å². The lowest BCUT2D eigenvalue weighted by atomic mass is 10.1. The van der Waals surface area contributed by atoms with Gasteiger partial charge in [0.15, 0.2) is 0 Å². The molecule has 5 aromatic rings. The van der Waals surface area contributed by atoms with Crippen LogP contribution in [0.25, 0.3) is 37.2 Å². The number of nitrogens with zero attached hydrogens (tertiary/aromatic N) is 6. The molecule has 2 aliphatic rings. The maximum atomic E-state index is 13.1. The molecule has 1 aliphatic heterocycles. The first-order chi connectivity index (χ1) is 17.5. The Bertz CT molecular complexity index is 1660. The number of rotatable bonds is 7. The molecule has 0 radical (unpaired) electrons. The summed E-state index contributed by atoms with van der Waals surface area (Å²) in [5, 5.41) is 32.2. The van der Waals surface area contributed by atoms with Crippen molar-refractivity contribution in [2.45, 2.75) is 32.0 Å². The van der Waals surface area contributed by atoms with Crippen LogP contribution in [0.15, 0.2) is 35.6 Å². The van der Waals surface area contributed by atoms with Crippen LogP contribution in [0.4, 0.5) is 5.69 Å². The third-order valence-electron chi connectivity index (χ3n) is 7.39. The van der Waals surface area contributed by atoms with Gasteiger partial charge in [0.1, 0.15) is 27.5 Å². The second-order valence-corrected chi connectivity index (χ2v) is 11.0. The minimum atomic E-state index is -0.716. The van der Waals surface area contributed by atoms with Crippen molar-refractivity contribution in [3.8, 4) is 10.4 Å². The number of pyridine rings is 2. The lowest BCUT2D eigenvalue weighted by Gasteiger charge is -2.21. The van der Waals surface area contributed by atoms with E-state index in [0.717, 1.165) is 28.4 Å². The first-order valence-electron chi connectivity index (χ1n) is 12.1. The van der Waals surface area contributed by atoms with Crippen LogP contribution in [-0.4, -0.2) is 76.9 Å². The van der Waals surface area contributed by atoms with Gasteiger partial charge < -0.3 is 20.5 Å². The molecule has 0 bridgehead atoms. The minimum Gasteiger partial charge on any atom is -0.394 e. The van der Waals surface area contributed by atoms with Gasteiger partial charge in [0.25, 0.3) is 5.56 Å². The van der Waals surface area contributed by atoms with Crippen molar-refractivity contribution in [1.29, 1.82) is 0 Å². The SMILES string of the molecule is O=c1[nH]c2cc(NC(O)CN3CCC4(CC4)C3)cnc2c2nn3cc(-c4cnn(CCO)c4)sc3c12. The lowest BCUT2D eigenvalue weighted by molar-refractivity contribution is 0.145. The highest BCUT2D eigenvalue weighted by molar-refractivity contribution is 7.21. The van der Waals surface area contributed by atoms with Crippen molar-refractivity contribution in [3.63, 3.8) is 0 Å². The highest BCUT2D eigenvalue weighted by atomic mass is 32.1. The van der Waals surface area contributed by atoms with E-state index < -0.39 is 6.23 Å². The Kier molecular flexibility index (Phi) is 4.93. The summed E-state index contributed by atoms with van der Waals surface area (Å²) in [5.41, 5.74) is 3.55. The zero-order chi connectivity index (χ0) is 24.4. The first kappa shape index (κ1) is 21.9. The summed E-state index contributed by atoms with van der Waals surface area (Å²) in [6.45, 7) is 3.11. The van der Waals surface area contributed by atoms with Crippen molar-refractivity contribution in [3.05, 3.63) is 41.2 Å². The number of H-pyrrole nitrogens is 1. The van der Waals surface area contributed by atoms with Crippen LogP contribution in [0, 0.1) is 5.41 Å². The molecule has 5 aromatic heterocycles. The minimum absolute atomic E-state index is 0.0181. The van der Waals surface area contributed by atoms with E-state index in [1.54, 1.807) is 27.7 Å². The molecule has 1 saturated heterocycles. The molecule has 36 heavy (non-hydrogen) atoms. The van der Waals surface area contributed by atoms with Gasteiger partial charge in [-0.3, -0.25) is 19.4 Å². The van der Waals surface area contributed by atoms with Crippen LogP contribution in [0.3, 0.4) is 0 Å². The average molecular weight is 507 g/mol. The molecule has 0 aromatic carbocycles. The summed E-state index contributed by atoms with van der Waals surface area (Å²) in [6.07, 6.45) is 10.3. The third-order valence-corrected chi connectivity index (χ3v) is 8.53. The molecule has 1 spiro atoms. The number of hydrogen-bond donors (Lipinski definition) is 4. The van der Waals surface area contributed by atoms with E-state index in [1.165, 1.54) is 30.6 Å². The van der Waals surface area contributed by atoms with Crippen molar-refractivity contribution < 1.29 is 10.2 Å². The van der Waals surface area contributed by atoms with Gasteiger partial charge in [-0.1, -0.05) is 0 Å². The Labute approximate surface area is 209 Å². The summed E-state index contributed by atoms with van der Waals surface area (Å²) in [5.74, 6) is 0. The zero-order valence-electron chi connectivity index (χ0n) is 19.5. The molecule has 1 aliphatic carbocycles. The van der Waals surface area contributed by atoms with Crippen LogP contribution in [-0.2, 0) is 6.54 Å². The number of fused-ring (bicyclic) bond motifs is 5. The van der Waals surface area contributed by atoms with E-state index in [1.807, 2.05) is 12.4 Å². The molecule has 1 saturated carbocycles. The van der Waals surface area contributed by atoms with Crippen molar-refractivity contribution in [2.24, 2.45) is 5.41 Å². The fourth-order valence-electron chi connectivity index (χ4n) is 5.33. The molecule has 7 rings (SSSR count). The summed E-state index contributed by atoms with van der Waals surface area (Å²) in [7, 11) is 0. The Morgan fingerprint density at radius 1 is 1.22 bits per heavy atom. The van der Waals surface area contributed by atoms with Crippen LogP contribution >= 0.6 is 11.3 Å². The topological polar surface area (TPSA) is 137 Å². The predicted octanol–water partition coefficient (Wildman–Crippen LogP) is 1.86. The first-order valence-corrected chi connectivity index (χ1v) is 13.0. The molecule has 2 fully saturated rings. The quantitative estimate of drug-likeness (QED) is 0.246. The fourth-order valence-corrected chi connectivity index (χ4v) is 6.39. The monoisotopic (exact) mass is 506 g/mol. The Morgan fingerprint density at radius 3 is 2.92 bits per heavy atom. The number of aliphatic hydroxyl groups is 2. The van der Waals surface area contributed by atoms with Gasteiger partial charge in [-0.25, -0.2) is 4.52 Å². The van der Waals surface area contributed by atoms with Gasteiger partial charge in [-0.15, -0.1) is 11.3 Å². The van der Waals surface area contributed by atoms with Crippen molar-refractivity contribution >= 4 is 43.8 Å². The normalized spacial score (nSPS) is 18.2. The molecule has 186 valence electrons. The molecule has 11 nitrogen and oxygen atoms in total. The fraction of sp³-hybridized carbons (Fsp3) is 0.417. The molecular formula is C24H26N8O3S. The summed E-state index contributed by atoms with van der Waals surface area (Å²) < 4.78 is 3.39. The van der Waals surface area contributed by atoms with E-state index in [2.05, 4.69) is 30.4 Å². The number of β-amino-alcohol motifs (C(OH)–C–C–N with tert-alkyl or cyclic N) is 1. The third kappa shape index (κ3) is 3.68. The van der Waals surface area contributed by atoms with E-state index in [-0.39, 0.29) is 12.2 Å². The van der Waals surface area contributed by atoms with Crippen LogP contribution in [0.1, 0.15) is 19.3 Å². The smallest absolute Gasteiger partial charge is 0.261 e. The molecule has 1 unspecified atom stereocenters. The molecule has 1 atom stereocenters. The number of hydrogen-bond acceptors (Lipinski definition) is 9. The highest BCUT2D eigenvalue weighted by Crippen LogP contribution is 2.52. The summed E-state index contributed by atoms with van der Waals surface area (Å²) in [6, 6.07) is 1.80. The van der Waals surface area contributed by atoms with Crippen LogP contribution in [0.5, 0.6) is 0 Å². The molecular weight excluding hydrogens is 480 g/mol. The number of aromatic amines is 1. The molecule has 0 amide bonds. The number of anilines is 1. The second-order valence-electron chi connectivity index (χ2n) is 10.0. The van der Waals surface area contributed by atoms with E-state index in [0.29, 0.717) is 46.1 Å². The van der Waals surface area contributed by atoms with Gasteiger partial charge in [-0.2, -0.15) is 10.2 Å². The van der Waals surface area contributed by atoms with E-state index >= 15 is 0 Å². The molecule has 12 heteroatoms. The van der Waals surface area contributed by atoms with Gasteiger partial charge >= 0.3 is 0 Å². The predicted molar refractivity (Wildman–Crippen MR) is 137 cm³/mol. The Balaban J connectivity index is 1.17. The van der Waals surface area contributed by atoms with E-state index in [4.69, 9.17) is 5.11 Å². The van der Waals surface area contributed by atoms with Gasteiger partial charge in [0, 0.05) is 31.0 Å². The second kappa shape index (κ2) is 8.10. The van der Waals surface area contributed by atoms with Gasteiger partial charge in [-0.05, 0) is 37.3 Å². The van der Waals surface area contributed by atoms with Crippen molar-refractivity contribution in [2.75, 3.05) is 31.6 Å². The lowest BCUT2D eigenvalue weighted by Crippen LogP contribution is -2.35. The molecule has 6 heterocycles. The largest absolute Gasteiger partial charge is 0.394 e. The van der Waals surface area contributed by atoms with E-state index in [9.17, 15) is 9.90 Å². The number of thiazole rings is 1. The Hall–Kier alpha value is -3.32. The number of likely N-dealkylation sites (tertiary alicyclic amines) is 1. The van der Waals surface area contributed by atoms with Gasteiger partial charge in [0.2, 0.25) is 0 Å². The van der Waals surface area contributed by atoms with Crippen LogP contribution < -0.4 is 10.9 Å². The maximum Gasteiger partial charge on any atom is 0.261 e. The number of nitrogens with one attached hydrogen (secondary N) is 2. The summed E-state index contributed by atoms with van der Waals surface area (Å²) in [4.78, 5) is 24.6. The number of aliphatic hydroxyl groups excluding tert-OH is 2.